The number of hydrogen-bond donors (Lipinski definition) is 1. The minimum Gasteiger partial charge on any atom is -0.497 e. The summed E-state index contributed by atoms with van der Waals surface area (Å²) in [6, 6.07) is 20.2. The second-order valence-electron chi connectivity index (χ2n) is 9.61. The average molecular weight is 518 g/mol. The molecule has 8 heteroatoms. The summed E-state index contributed by atoms with van der Waals surface area (Å²) in [4.78, 5) is 29.9. The second kappa shape index (κ2) is 12.4. The Hall–Kier alpha value is -4.20. The van der Waals surface area contributed by atoms with Crippen molar-refractivity contribution in [2.45, 2.75) is 13.8 Å². The SMILES string of the molecule is COc1cc(OC)cc(C(=O)N2CCN(c3ccc(NC(=O)c4cccc(OCC(C)C)c4)cc3)CC2)c1. The molecule has 200 valence electrons. The largest absolute Gasteiger partial charge is 0.497 e. The van der Waals surface area contributed by atoms with Gasteiger partial charge in [-0.15, -0.1) is 0 Å². The molecule has 1 heterocycles. The molecule has 0 saturated carbocycles. The van der Waals surface area contributed by atoms with Gasteiger partial charge in [-0.1, -0.05) is 19.9 Å². The fourth-order valence-corrected chi connectivity index (χ4v) is 4.23. The zero-order valence-electron chi connectivity index (χ0n) is 22.4. The predicted molar refractivity (Wildman–Crippen MR) is 149 cm³/mol. The third kappa shape index (κ3) is 6.76. The van der Waals surface area contributed by atoms with E-state index in [4.69, 9.17) is 14.2 Å². The van der Waals surface area contributed by atoms with Crippen LogP contribution in [0.25, 0.3) is 0 Å². The molecule has 3 aromatic rings. The van der Waals surface area contributed by atoms with E-state index >= 15 is 0 Å². The Morgan fingerprint density at radius 1 is 0.816 bits per heavy atom. The highest BCUT2D eigenvalue weighted by Crippen LogP contribution is 2.25. The van der Waals surface area contributed by atoms with E-state index in [2.05, 4.69) is 24.1 Å². The molecule has 1 fully saturated rings. The van der Waals surface area contributed by atoms with Crippen LogP contribution in [0.4, 0.5) is 11.4 Å². The van der Waals surface area contributed by atoms with Crippen molar-refractivity contribution < 1.29 is 23.8 Å². The van der Waals surface area contributed by atoms with Crippen LogP contribution in [-0.4, -0.2) is 63.7 Å². The van der Waals surface area contributed by atoms with Gasteiger partial charge in [0.1, 0.15) is 17.2 Å². The Morgan fingerprint density at radius 3 is 2.05 bits per heavy atom. The lowest BCUT2D eigenvalue weighted by molar-refractivity contribution is 0.0746. The number of amides is 2. The molecule has 1 saturated heterocycles. The quantitative estimate of drug-likeness (QED) is 0.433. The van der Waals surface area contributed by atoms with Crippen molar-refractivity contribution in [1.82, 2.24) is 4.90 Å². The molecule has 0 bridgehead atoms. The highest BCUT2D eigenvalue weighted by Gasteiger charge is 2.23. The van der Waals surface area contributed by atoms with E-state index in [1.165, 1.54) is 0 Å². The summed E-state index contributed by atoms with van der Waals surface area (Å²) < 4.78 is 16.3. The summed E-state index contributed by atoms with van der Waals surface area (Å²) in [5.74, 6) is 2.04. The fourth-order valence-electron chi connectivity index (χ4n) is 4.23. The zero-order chi connectivity index (χ0) is 27.1. The Labute approximate surface area is 224 Å². The average Bonchev–Trinajstić information content (AvgIpc) is 2.96. The number of carbonyl (C=O) groups is 2. The molecule has 0 spiro atoms. The van der Waals surface area contributed by atoms with Crippen LogP contribution in [0.1, 0.15) is 34.6 Å². The highest BCUT2D eigenvalue weighted by molar-refractivity contribution is 6.04. The van der Waals surface area contributed by atoms with Gasteiger partial charge in [-0.05, 0) is 60.5 Å². The van der Waals surface area contributed by atoms with Gasteiger partial charge in [0.25, 0.3) is 11.8 Å². The highest BCUT2D eigenvalue weighted by atomic mass is 16.5. The van der Waals surface area contributed by atoms with Gasteiger partial charge in [-0.3, -0.25) is 9.59 Å². The van der Waals surface area contributed by atoms with E-state index in [1.807, 2.05) is 41.3 Å². The summed E-state index contributed by atoms with van der Waals surface area (Å²) in [5.41, 5.74) is 2.85. The smallest absolute Gasteiger partial charge is 0.255 e. The predicted octanol–water partition coefficient (Wildman–Crippen LogP) is 4.95. The van der Waals surface area contributed by atoms with Crippen LogP contribution >= 0.6 is 0 Å². The second-order valence-corrected chi connectivity index (χ2v) is 9.61. The number of anilines is 2. The van der Waals surface area contributed by atoms with Crippen molar-refractivity contribution in [1.29, 1.82) is 0 Å². The first-order chi connectivity index (χ1) is 18.4. The summed E-state index contributed by atoms with van der Waals surface area (Å²) in [6.07, 6.45) is 0. The van der Waals surface area contributed by atoms with Crippen molar-refractivity contribution in [3.8, 4) is 17.2 Å². The molecule has 0 aliphatic carbocycles. The van der Waals surface area contributed by atoms with Crippen molar-refractivity contribution in [3.05, 3.63) is 77.9 Å². The molecular weight excluding hydrogens is 482 g/mol. The van der Waals surface area contributed by atoms with E-state index in [1.54, 1.807) is 44.6 Å². The normalized spacial score (nSPS) is 13.3. The van der Waals surface area contributed by atoms with Crippen LogP contribution in [0.2, 0.25) is 0 Å². The van der Waals surface area contributed by atoms with Gasteiger partial charge < -0.3 is 29.3 Å². The maximum atomic E-state index is 13.1. The van der Waals surface area contributed by atoms with Gasteiger partial charge in [0.2, 0.25) is 0 Å². The number of benzene rings is 3. The van der Waals surface area contributed by atoms with Crippen molar-refractivity contribution in [2.75, 3.05) is 57.2 Å². The topological polar surface area (TPSA) is 80.3 Å². The first-order valence-electron chi connectivity index (χ1n) is 12.8. The van der Waals surface area contributed by atoms with Crippen LogP contribution in [0, 0.1) is 5.92 Å². The Kier molecular flexibility index (Phi) is 8.73. The van der Waals surface area contributed by atoms with Crippen LogP contribution in [0.3, 0.4) is 0 Å². The molecule has 0 atom stereocenters. The van der Waals surface area contributed by atoms with Gasteiger partial charge in [-0.2, -0.15) is 0 Å². The maximum absolute atomic E-state index is 13.1. The minimum absolute atomic E-state index is 0.0430. The molecule has 2 amide bonds. The molecule has 0 unspecified atom stereocenters. The first kappa shape index (κ1) is 26.9. The number of rotatable bonds is 9. The molecule has 38 heavy (non-hydrogen) atoms. The van der Waals surface area contributed by atoms with Crippen molar-refractivity contribution in [2.24, 2.45) is 5.92 Å². The van der Waals surface area contributed by atoms with E-state index in [9.17, 15) is 9.59 Å². The third-order valence-corrected chi connectivity index (χ3v) is 6.34. The number of methoxy groups -OCH3 is 2. The van der Waals surface area contributed by atoms with E-state index in [0.29, 0.717) is 72.8 Å². The monoisotopic (exact) mass is 517 g/mol. The lowest BCUT2D eigenvalue weighted by Gasteiger charge is -2.36. The summed E-state index contributed by atoms with van der Waals surface area (Å²) in [5, 5.41) is 2.95. The standard InChI is InChI=1S/C30H35N3O5/c1-21(2)20-38-26-7-5-6-22(16-26)29(34)31-24-8-10-25(11-9-24)32-12-14-33(15-13-32)30(35)23-17-27(36-3)19-28(18-23)37-4/h5-11,16-19,21H,12-15,20H2,1-4H3,(H,31,34). The summed E-state index contributed by atoms with van der Waals surface area (Å²) in [7, 11) is 3.14. The molecule has 3 aromatic carbocycles. The molecule has 0 radical (unpaired) electrons. The van der Waals surface area contributed by atoms with E-state index in [0.717, 1.165) is 5.69 Å². The van der Waals surface area contributed by atoms with Gasteiger partial charge in [-0.25, -0.2) is 0 Å². The lowest BCUT2D eigenvalue weighted by atomic mass is 10.1. The van der Waals surface area contributed by atoms with Crippen LogP contribution in [-0.2, 0) is 0 Å². The third-order valence-electron chi connectivity index (χ3n) is 6.34. The number of carbonyl (C=O) groups excluding carboxylic acids is 2. The van der Waals surface area contributed by atoms with Crippen LogP contribution in [0.5, 0.6) is 17.2 Å². The molecule has 4 rings (SSSR count). The number of ether oxygens (including phenoxy) is 3. The number of nitrogens with zero attached hydrogens (tertiary/aromatic N) is 2. The van der Waals surface area contributed by atoms with Gasteiger partial charge >= 0.3 is 0 Å². The minimum atomic E-state index is -0.186. The molecule has 0 aromatic heterocycles. The maximum Gasteiger partial charge on any atom is 0.255 e. The summed E-state index contributed by atoms with van der Waals surface area (Å²) >= 11 is 0. The Balaban J connectivity index is 1.32. The Morgan fingerprint density at radius 2 is 1.45 bits per heavy atom. The van der Waals surface area contributed by atoms with E-state index < -0.39 is 0 Å². The van der Waals surface area contributed by atoms with Gasteiger partial charge in [0.05, 0.1) is 20.8 Å². The number of piperazine rings is 1. The Bertz CT molecular complexity index is 1230. The van der Waals surface area contributed by atoms with Crippen LogP contribution < -0.4 is 24.4 Å². The van der Waals surface area contributed by atoms with Crippen molar-refractivity contribution in [3.63, 3.8) is 0 Å². The number of nitrogens with one attached hydrogen (secondary N) is 1. The first-order valence-corrected chi connectivity index (χ1v) is 12.8. The summed E-state index contributed by atoms with van der Waals surface area (Å²) in [6.45, 7) is 7.39. The van der Waals surface area contributed by atoms with Gasteiger partial charge in [0, 0.05) is 54.7 Å². The zero-order valence-corrected chi connectivity index (χ0v) is 22.4. The molecular formula is C30H35N3O5. The van der Waals surface area contributed by atoms with Crippen LogP contribution in [0.15, 0.2) is 66.7 Å². The van der Waals surface area contributed by atoms with Gasteiger partial charge in [0.15, 0.2) is 0 Å². The molecule has 1 aliphatic heterocycles. The lowest BCUT2D eigenvalue weighted by Crippen LogP contribution is -2.48. The molecule has 1 aliphatic rings. The number of hydrogen-bond acceptors (Lipinski definition) is 6. The van der Waals surface area contributed by atoms with E-state index in [-0.39, 0.29) is 11.8 Å². The fraction of sp³-hybridized carbons (Fsp3) is 0.333. The van der Waals surface area contributed by atoms with Crippen molar-refractivity contribution >= 4 is 23.2 Å². The molecule has 1 N–H and O–H groups in total. The molecule has 8 nitrogen and oxygen atoms in total.